The van der Waals surface area contributed by atoms with Crippen molar-refractivity contribution in [3.8, 4) is 0 Å². The van der Waals surface area contributed by atoms with Gasteiger partial charge in [-0.05, 0) is 37.1 Å². The first kappa shape index (κ1) is 26.3. The van der Waals surface area contributed by atoms with Crippen molar-refractivity contribution in [3.05, 3.63) is 29.8 Å². The van der Waals surface area contributed by atoms with Gasteiger partial charge in [0.15, 0.2) is 0 Å². The van der Waals surface area contributed by atoms with Crippen LogP contribution >= 0.6 is 11.8 Å². The average Bonchev–Trinajstić information content (AvgIpc) is 2.84. The number of thioether (sulfide) groups is 1. The number of piperazine rings is 1. The molecule has 2 atom stereocenters. The zero-order valence-corrected chi connectivity index (χ0v) is 20.7. The lowest BCUT2D eigenvalue weighted by molar-refractivity contribution is -0.142. The number of carboxylic acids is 1. The largest absolute Gasteiger partial charge is 0.481 e. The highest BCUT2D eigenvalue weighted by molar-refractivity contribution is 8.00. The molecule has 0 radical (unpaired) electrons. The van der Waals surface area contributed by atoms with Crippen molar-refractivity contribution in [3.63, 3.8) is 0 Å². The fourth-order valence-corrected chi connectivity index (χ4v) is 4.68. The smallest absolute Gasteiger partial charge is 0.313 e. The third-order valence-corrected chi connectivity index (χ3v) is 6.88. The number of hydrogen-bond donors (Lipinski definition) is 3. The predicted octanol–water partition coefficient (Wildman–Crippen LogP) is -0.382. The van der Waals surface area contributed by atoms with Crippen LogP contribution in [-0.2, 0) is 19.2 Å². The number of rotatable bonds is 8. The summed E-state index contributed by atoms with van der Waals surface area (Å²) in [5.41, 5.74) is 1.41. The molecule has 35 heavy (non-hydrogen) atoms. The van der Waals surface area contributed by atoms with Crippen molar-refractivity contribution in [1.29, 1.82) is 0 Å². The first-order valence-corrected chi connectivity index (χ1v) is 12.6. The lowest BCUT2D eigenvalue weighted by Crippen LogP contribution is -2.64. The number of piperidine rings is 1. The third kappa shape index (κ3) is 6.87. The molecule has 2 aliphatic rings. The maximum atomic E-state index is 13.2. The quantitative estimate of drug-likeness (QED) is 0.435. The molecular formula is C23H31N5O6S. The number of carbonyl (C=O) groups is 5. The standard InChI is InChI=1S/C23H31N5O6S/c1-26(2)16-7-5-15(6-8-16)23(34)27-10-11-28(19(29)13-35-14-20(30)31)18(12-27)22(33)25-17-4-3-9-24-21(17)32/h5-8,17-18H,3-4,9-14H2,1-2H3,(H,24,32)(H,25,33)(H,30,31)/t17-,18-/m1/s1. The molecule has 2 fully saturated rings. The van der Waals surface area contributed by atoms with Gasteiger partial charge in [-0.3, -0.25) is 24.0 Å². The van der Waals surface area contributed by atoms with Crippen molar-refractivity contribution < 1.29 is 29.1 Å². The predicted molar refractivity (Wildman–Crippen MR) is 131 cm³/mol. The van der Waals surface area contributed by atoms with Crippen LogP contribution in [0.4, 0.5) is 5.69 Å². The van der Waals surface area contributed by atoms with Crippen LogP contribution in [0.1, 0.15) is 23.2 Å². The monoisotopic (exact) mass is 505 g/mol. The molecule has 0 aliphatic carbocycles. The summed E-state index contributed by atoms with van der Waals surface area (Å²) in [5, 5.41) is 14.3. The van der Waals surface area contributed by atoms with Gasteiger partial charge in [0.25, 0.3) is 5.91 Å². The van der Waals surface area contributed by atoms with Crippen molar-refractivity contribution in [2.24, 2.45) is 0 Å². The Balaban J connectivity index is 1.74. The fourth-order valence-electron chi connectivity index (χ4n) is 4.06. The van der Waals surface area contributed by atoms with Crippen LogP contribution in [0.2, 0.25) is 0 Å². The van der Waals surface area contributed by atoms with E-state index in [1.807, 2.05) is 31.1 Å². The second-order valence-corrected chi connectivity index (χ2v) is 9.66. The van der Waals surface area contributed by atoms with Crippen LogP contribution in [0.3, 0.4) is 0 Å². The van der Waals surface area contributed by atoms with Gasteiger partial charge in [-0.2, -0.15) is 0 Å². The molecule has 1 aromatic carbocycles. The number of nitrogens with zero attached hydrogens (tertiary/aromatic N) is 3. The lowest BCUT2D eigenvalue weighted by atomic mass is 10.0. The topological polar surface area (TPSA) is 139 Å². The maximum absolute atomic E-state index is 13.2. The van der Waals surface area contributed by atoms with Crippen molar-refractivity contribution in [1.82, 2.24) is 20.4 Å². The zero-order valence-electron chi connectivity index (χ0n) is 19.9. The van der Waals surface area contributed by atoms with Gasteiger partial charge in [0.05, 0.1) is 18.1 Å². The molecule has 0 bridgehead atoms. The van der Waals surface area contributed by atoms with Crippen molar-refractivity contribution in [2.75, 3.05) is 56.7 Å². The Hall–Kier alpha value is -3.28. The van der Waals surface area contributed by atoms with E-state index >= 15 is 0 Å². The van der Waals surface area contributed by atoms with Crippen molar-refractivity contribution >= 4 is 47.0 Å². The molecule has 2 aliphatic heterocycles. The van der Waals surface area contributed by atoms with Gasteiger partial charge in [0.1, 0.15) is 12.1 Å². The molecule has 3 rings (SSSR count). The SMILES string of the molecule is CN(C)c1ccc(C(=O)N2CCN(C(=O)CSCC(=O)O)[C@@H](C(=O)N[C@@H]3CCCNC3=O)C2)cc1. The first-order chi connectivity index (χ1) is 16.7. The summed E-state index contributed by atoms with van der Waals surface area (Å²) in [6, 6.07) is 5.43. The highest BCUT2D eigenvalue weighted by Gasteiger charge is 2.38. The highest BCUT2D eigenvalue weighted by atomic mass is 32.2. The number of nitrogens with one attached hydrogen (secondary N) is 2. The minimum atomic E-state index is -1.03. The molecule has 0 saturated carbocycles. The second kappa shape index (κ2) is 11.9. The Kier molecular flexibility index (Phi) is 8.96. The number of aliphatic carboxylic acids is 1. The molecule has 2 heterocycles. The Labute approximate surface area is 208 Å². The van der Waals surface area contributed by atoms with E-state index in [0.29, 0.717) is 18.5 Å². The van der Waals surface area contributed by atoms with Crippen LogP contribution in [0.15, 0.2) is 24.3 Å². The summed E-state index contributed by atoms with van der Waals surface area (Å²) in [5.74, 6) is -2.78. The number of hydrogen-bond acceptors (Lipinski definition) is 7. The van der Waals surface area contributed by atoms with Gasteiger partial charge in [0.2, 0.25) is 17.7 Å². The van der Waals surface area contributed by atoms with Gasteiger partial charge in [-0.1, -0.05) is 0 Å². The highest BCUT2D eigenvalue weighted by Crippen LogP contribution is 2.19. The van der Waals surface area contributed by atoms with Crippen LogP contribution in [0.5, 0.6) is 0 Å². The molecule has 2 saturated heterocycles. The molecule has 190 valence electrons. The van der Waals surface area contributed by atoms with E-state index in [1.54, 1.807) is 12.1 Å². The molecule has 0 aromatic heterocycles. The van der Waals surface area contributed by atoms with E-state index in [2.05, 4.69) is 10.6 Å². The summed E-state index contributed by atoms with van der Waals surface area (Å²) in [6.07, 6.45) is 1.22. The van der Waals surface area contributed by atoms with Gasteiger partial charge in [0, 0.05) is 45.0 Å². The van der Waals surface area contributed by atoms with E-state index in [1.165, 1.54) is 9.80 Å². The molecule has 12 heteroatoms. The summed E-state index contributed by atoms with van der Waals surface area (Å²) >= 11 is 0.949. The Morgan fingerprint density at radius 1 is 1.14 bits per heavy atom. The van der Waals surface area contributed by atoms with E-state index in [9.17, 15) is 24.0 Å². The number of carboxylic acid groups (broad SMARTS) is 1. The van der Waals surface area contributed by atoms with Crippen LogP contribution < -0.4 is 15.5 Å². The Bertz CT molecular complexity index is 970. The summed E-state index contributed by atoms with van der Waals surface area (Å²) in [6.45, 7) is 0.888. The minimum absolute atomic E-state index is 0.0240. The number of benzene rings is 1. The zero-order chi connectivity index (χ0) is 25.5. The summed E-state index contributed by atoms with van der Waals surface area (Å²) in [7, 11) is 3.80. The molecule has 1 aromatic rings. The van der Waals surface area contributed by atoms with Crippen LogP contribution in [-0.4, -0.2) is 108 Å². The van der Waals surface area contributed by atoms with Crippen molar-refractivity contribution in [2.45, 2.75) is 24.9 Å². The number of amides is 4. The van der Waals surface area contributed by atoms with Gasteiger partial charge in [-0.25, -0.2) is 0 Å². The molecule has 4 amide bonds. The first-order valence-electron chi connectivity index (χ1n) is 11.4. The molecule has 0 spiro atoms. The molecule has 11 nitrogen and oxygen atoms in total. The van der Waals surface area contributed by atoms with E-state index < -0.39 is 24.0 Å². The Morgan fingerprint density at radius 3 is 2.49 bits per heavy atom. The van der Waals surface area contributed by atoms with Gasteiger partial charge in [-0.15, -0.1) is 11.8 Å². The second-order valence-electron chi connectivity index (χ2n) is 8.68. The van der Waals surface area contributed by atoms with Gasteiger partial charge >= 0.3 is 5.97 Å². The van der Waals surface area contributed by atoms with Gasteiger partial charge < -0.3 is 30.4 Å². The summed E-state index contributed by atoms with van der Waals surface area (Å²) in [4.78, 5) is 67.0. The van der Waals surface area contributed by atoms with E-state index in [4.69, 9.17) is 5.11 Å². The molecule has 3 N–H and O–H groups in total. The van der Waals surface area contributed by atoms with E-state index in [0.717, 1.165) is 23.9 Å². The average molecular weight is 506 g/mol. The molecular weight excluding hydrogens is 474 g/mol. The van der Waals surface area contributed by atoms with E-state index in [-0.39, 0.29) is 48.9 Å². The normalized spacial score (nSPS) is 20.1. The lowest BCUT2D eigenvalue weighted by Gasteiger charge is -2.41. The number of anilines is 1. The fraction of sp³-hybridized carbons (Fsp3) is 0.522. The summed E-state index contributed by atoms with van der Waals surface area (Å²) < 4.78 is 0. The minimum Gasteiger partial charge on any atom is -0.481 e. The van der Waals surface area contributed by atoms with Crippen LogP contribution in [0.25, 0.3) is 0 Å². The molecule has 0 unspecified atom stereocenters. The maximum Gasteiger partial charge on any atom is 0.313 e. The van der Waals surface area contributed by atoms with Crippen LogP contribution in [0, 0.1) is 0 Å². The number of carbonyl (C=O) groups excluding carboxylic acids is 4. The third-order valence-electron chi connectivity index (χ3n) is 5.97. The Morgan fingerprint density at radius 2 is 1.86 bits per heavy atom.